The minimum absolute atomic E-state index is 0.0710. The summed E-state index contributed by atoms with van der Waals surface area (Å²) < 4.78 is 5.05. The maximum absolute atomic E-state index is 12.2. The molecule has 1 saturated carbocycles. The monoisotopic (exact) mass is 236 g/mol. The molecule has 1 aliphatic rings. The van der Waals surface area contributed by atoms with E-state index in [1.165, 1.54) is 0 Å². The molecule has 3 heteroatoms. The van der Waals surface area contributed by atoms with Gasteiger partial charge in [-0.25, -0.2) is 0 Å². The Kier molecular flexibility index (Phi) is 4.67. The molecular weight excluding hydrogens is 216 g/mol. The summed E-state index contributed by atoms with van der Waals surface area (Å²) in [5.41, 5.74) is -0.357. The first-order chi connectivity index (χ1) is 8.09. The quantitative estimate of drug-likeness (QED) is 0.404. The Labute approximate surface area is 103 Å². The van der Waals surface area contributed by atoms with Gasteiger partial charge >= 0.3 is 5.97 Å². The van der Waals surface area contributed by atoms with Crippen LogP contribution in [0, 0.1) is 5.41 Å². The molecule has 0 aromatic carbocycles. The second-order valence-electron chi connectivity index (χ2n) is 4.33. The fourth-order valence-corrected chi connectivity index (χ4v) is 2.35. The number of Topliss-reactive ketones (excluding diaryl/α,β-unsaturated/α-hetero) is 1. The van der Waals surface area contributed by atoms with Gasteiger partial charge in [-0.05, 0) is 32.6 Å². The van der Waals surface area contributed by atoms with Crippen molar-refractivity contribution in [2.75, 3.05) is 6.61 Å². The number of hydrogen-bond acceptors (Lipinski definition) is 3. The van der Waals surface area contributed by atoms with Crippen LogP contribution in [0.1, 0.15) is 39.0 Å². The first kappa shape index (κ1) is 13.7. The lowest BCUT2D eigenvalue weighted by atomic mass is 9.77. The molecule has 0 aromatic heterocycles. The van der Waals surface area contributed by atoms with Crippen LogP contribution < -0.4 is 0 Å². The Bertz CT molecular complexity index is 343. The number of carbonyl (C=O) groups is 2. The van der Waals surface area contributed by atoms with Crippen molar-refractivity contribution in [2.45, 2.75) is 39.0 Å². The maximum Gasteiger partial charge on any atom is 0.323 e. The highest BCUT2D eigenvalue weighted by molar-refractivity contribution is 6.07. The van der Waals surface area contributed by atoms with E-state index in [2.05, 4.69) is 13.2 Å². The summed E-state index contributed by atoms with van der Waals surface area (Å²) in [7, 11) is 0. The number of hydrogen-bond donors (Lipinski definition) is 0. The van der Waals surface area contributed by atoms with E-state index >= 15 is 0 Å². The second kappa shape index (κ2) is 5.80. The van der Waals surface area contributed by atoms with Crippen molar-refractivity contribution < 1.29 is 14.3 Å². The van der Waals surface area contributed by atoms with E-state index in [-0.39, 0.29) is 5.78 Å². The number of ether oxygens (including phenoxy) is 1. The van der Waals surface area contributed by atoms with Gasteiger partial charge in [-0.3, -0.25) is 9.59 Å². The molecule has 1 aliphatic carbocycles. The van der Waals surface area contributed by atoms with Crippen molar-refractivity contribution >= 4 is 11.8 Å². The normalized spacial score (nSPS) is 23.5. The average Bonchev–Trinajstić information content (AvgIpc) is 2.69. The highest BCUT2D eigenvalue weighted by Gasteiger charge is 2.50. The summed E-state index contributed by atoms with van der Waals surface area (Å²) in [6, 6.07) is 0. The number of carbonyl (C=O) groups excluding carboxylic acids is 2. The Morgan fingerprint density at radius 2 is 2.24 bits per heavy atom. The molecule has 94 valence electrons. The van der Waals surface area contributed by atoms with E-state index in [1.807, 2.05) is 0 Å². The van der Waals surface area contributed by atoms with Gasteiger partial charge in [0.15, 0.2) is 5.78 Å². The average molecular weight is 236 g/mol. The smallest absolute Gasteiger partial charge is 0.323 e. The van der Waals surface area contributed by atoms with Crippen molar-refractivity contribution in [3.8, 4) is 0 Å². The Hall–Kier alpha value is -1.38. The highest BCUT2D eigenvalue weighted by atomic mass is 16.5. The van der Waals surface area contributed by atoms with E-state index < -0.39 is 11.4 Å². The maximum atomic E-state index is 12.2. The molecule has 0 aromatic rings. The fourth-order valence-electron chi connectivity index (χ4n) is 2.35. The first-order valence-corrected chi connectivity index (χ1v) is 6.09. The molecule has 0 saturated heterocycles. The van der Waals surface area contributed by atoms with Gasteiger partial charge in [0.2, 0.25) is 0 Å². The van der Waals surface area contributed by atoms with E-state index in [0.29, 0.717) is 31.4 Å². The number of rotatable bonds is 6. The molecule has 1 fully saturated rings. The Morgan fingerprint density at radius 1 is 1.53 bits per heavy atom. The second-order valence-corrected chi connectivity index (χ2v) is 4.33. The lowest BCUT2D eigenvalue weighted by Crippen LogP contribution is -2.39. The molecule has 0 aliphatic heterocycles. The van der Waals surface area contributed by atoms with E-state index in [4.69, 9.17) is 4.74 Å². The van der Waals surface area contributed by atoms with Gasteiger partial charge in [-0.1, -0.05) is 18.2 Å². The lowest BCUT2D eigenvalue weighted by molar-refractivity contribution is -0.157. The predicted octanol–water partition coefficient (Wildman–Crippen LogP) is 2.81. The van der Waals surface area contributed by atoms with Crippen LogP contribution in [0.5, 0.6) is 0 Å². The largest absolute Gasteiger partial charge is 0.465 e. The minimum Gasteiger partial charge on any atom is -0.465 e. The molecule has 0 heterocycles. The summed E-state index contributed by atoms with van der Waals surface area (Å²) in [6.45, 7) is 9.53. The Balaban J connectivity index is 2.94. The summed E-state index contributed by atoms with van der Waals surface area (Å²) in [4.78, 5) is 24.3. The number of ketones is 1. The first-order valence-electron chi connectivity index (χ1n) is 6.09. The van der Waals surface area contributed by atoms with Crippen LogP contribution in [0.15, 0.2) is 24.8 Å². The molecule has 0 amide bonds. The van der Waals surface area contributed by atoms with Crippen LogP contribution in [-0.2, 0) is 14.3 Å². The molecular formula is C14H20O3. The third-order valence-corrected chi connectivity index (χ3v) is 3.31. The van der Waals surface area contributed by atoms with E-state index in [0.717, 1.165) is 12.8 Å². The van der Waals surface area contributed by atoms with Crippen molar-refractivity contribution in [1.82, 2.24) is 0 Å². The molecule has 0 bridgehead atoms. The molecule has 1 rings (SSSR count). The van der Waals surface area contributed by atoms with Crippen molar-refractivity contribution in [2.24, 2.45) is 5.41 Å². The molecule has 0 spiro atoms. The number of allylic oxidation sites excluding steroid dienone is 1. The van der Waals surface area contributed by atoms with Crippen molar-refractivity contribution in [3.05, 3.63) is 24.8 Å². The van der Waals surface area contributed by atoms with E-state index in [1.54, 1.807) is 13.0 Å². The van der Waals surface area contributed by atoms with Crippen LogP contribution >= 0.6 is 0 Å². The lowest BCUT2D eigenvalue weighted by Gasteiger charge is -2.26. The minimum atomic E-state index is -1.07. The molecule has 0 unspecified atom stereocenters. The standard InChI is InChI=1S/C14H20O3/c1-4-6-9-12(15)14(13(16)17-5-2)10-7-8-11(14)3/h4H,1,3,5-10H2,2H3/t14-/m1/s1. The SMILES string of the molecule is C=CCCC(=O)[C@@]1(C(=O)OCC)CCCC1=C. The van der Waals surface area contributed by atoms with Crippen LogP contribution in [0.3, 0.4) is 0 Å². The van der Waals surface area contributed by atoms with Crippen LogP contribution in [0.4, 0.5) is 0 Å². The third-order valence-electron chi connectivity index (χ3n) is 3.31. The van der Waals surface area contributed by atoms with Crippen LogP contribution in [0.2, 0.25) is 0 Å². The molecule has 0 radical (unpaired) electrons. The highest BCUT2D eigenvalue weighted by Crippen LogP contribution is 2.44. The molecule has 3 nitrogen and oxygen atoms in total. The van der Waals surface area contributed by atoms with E-state index in [9.17, 15) is 9.59 Å². The number of esters is 1. The van der Waals surface area contributed by atoms with Gasteiger partial charge in [0.25, 0.3) is 0 Å². The van der Waals surface area contributed by atoms with Crippen LogP contribution in [0.25, 0.3) is 0 Å². The van der Waals surface area contributed by atoms with Crippen LogP contribution in [-0.4, -0.2) is 18.4 Å². The third kappa shape index (κ3) is 2.48. The van der Waals surface area contributed by atoms with Crippen molar-refractivity contribution in [3.63, 3.8) is 0 Å². The van der Waals surface area contributed by atoms with Gasteiger partial charge in [-0.2, -0.15) is 0 Å². The van der Waals surface area contributed by atoms with Gasteiger partial charge in [0.05, 0.1) is 6.61 Å². The van der Waals surface area contributed by atoms with Gasteiger partial charge < -0.3 is 4.74 Å². The van der Waals surface area contributed by atoms with Crippen molar-refractivity contribution in [1.29, 1.82) is 0 Å². The Morgan fingerprint density at radius 3 is 2.71 bits per heavy atom. The summed E-state index contributed by atoms with van der Waals surface area (Å²) in [5.74, 6) is -0.491. The zero-order valence-electron chi connectivity index (χ0n) is 10.5. The zero-order chi connectivity index (χ0) is 12.9. The molecule has 17 heavy (non-hydrogen) atoms. The van der Waals surface area contributed by atoms with Gasteiger partial charge in [0.1, 0.15) is 5.41 Å². The van der Waals surface area contributed by atoms with Gasteiger partial charge in [-0.15, -0.1) is 6.58 Å². The summed E-state index contributed by atoms with van der Waals surface area (Å²) in [5, 5.41) is 0. The topological polar surface area (TPSA) is 43.4 Å². The zero-order valence-corrected chi connectivity index (χ0v) is 10.5. The summed E-state index contributed by atoms with van der Waals surface area (Å²) in [6.07, 6.45) is 4.72. The van der Waals surface area contributed by atoms with Gasteiger partial charge in [0, 0.05) is 6.42 Å². The fraction of sp³-hybridized carbons (Fsp3) is 0.571. The molecule has 0 N–H and O–H groups in total. The predicted molar refractivity (Wildman–Crippen MR) is 66.5 cm³/mol. The summed E-state index contributed by atoms with van der Waals surface area (Å²) >= 11 is 0. The molecule has 1 atom stereocenters.